The Hall–Kier alpha value is -1.55. The van der Waals surface area contributed by atoms with Crippen LogP contribution in [0.5, 0.6) is 0 Å². The highest BCUT2D eigenvalue weighted by Gasteiger charge is 2.23. The number of rotatable bonds is 1. The predicted molar refractivity (Wildman–Crippen MR) is 77.6 cm³/mol. The first-order chi connectivity index (χ1) is 9.35. The molecular formula is C16H23NO3. The van der Waals surface area contributed by atoms with Gasteiger partial charge in [-0.2, -0.15) is 0 Å². The number of ether oxygens (including phenoxy) is 2. The van der Waals surface area contributed by atoms with E-state index in [1.165, 1.54) is 5.56 Å². The molecule has 0 saturated heterocycles. The molecular weight excluding hydrogens is 254 g/mol. The van der Waals surface area contributed by atoms with Crippen molar-refractivity contribution in [1.29, 1.82) is 0 Å². The van der Waals surface area contributed by atoms with E-state index in [0.29, 0.717) is 13.2 Å². The molecule has 1 atom stereocenters. The summed E-state index contributed by atoms with van der Waals surface area (Å²) < 4.78 is 10.9. The normalized spacial score (nSPS) is 18.9. The molecule has 1 heterocycles. The van der Waals surface area contributed by atoms with E-state index in [0.717, 1.165) is 17.5 Å². The lowest BCUT2D eigenvalue weighted by Gasteiger charge is -2.24. The summed E-state index contributed by atoms with van der Waals surface area (Å²) in [5.41, 5.74) is 2.96. The maximum absolute atomic E-state index is 12.0. The van der Waals surface area contributed by atoms with Crippen molar-refractivity contribution in [3.05, 3.63) is 34.9 Å². The van der Waals surface area contributed by atoms with Crippen molar-refractivity contribution in [1.82, 2.24) is 5.32 Å². The molecule has 1 aliphatic heterocycles. The molecule has 110 valence electrons. The topological polar surface area (TPSA) is 47.6 Å². The first kappa shape index (κ1) is 14.9. The SMILES string of the molecule is Cc1ccc2c(c1)C(NC(=O)OC(C)(C)C)CCOC2. The third-order valence-electron chi connectivity index (χ3n) is 3.18. The van der Waals surface area contributed by atoms with Crippen molar-refractivity contribution < 1.29 is 14.3 Å². The molecule has 4 nitrogen and oxygen atoms in total. The molecule has 1 N–H and O–H groups in total. The first-order valence-corrected chi connectivity index (χ1v) is 7.02. The Morgan fingerprint density at radius 2 is 2.15 bits per heavy atom. The number of nitrogens with one attached hydrogen (secondary N) is 1. The van der Waals surface area contributed by atoms with E-state index in [2.05, 4.69) is 30.4 Å². The van der Waals surface area contributed by atoms with E-state index >= 15 is 0 Å². The highest BCUT2D eigenvalue weighted by molar-refractivity contribution is 5.68. The number of hydrogen-bond donors (Lipinski definition) is 1. The molecule has 4 heteroatoms. The Balaban J connectivity index is 2.16. The van der Waals surface area contributed by atoms with Crippen molar-refractivity contribution in [2.45, 2.75) is 52.4 Å². The molecule has 0 saturated carbocycles. The van der Waals surface area contributed by atoms with Crippen LogP contribution in [-0.4, -0.2) is 18.3 Å². The molecule has 0 radical (unpaired) electrons. The van der Waals surface area contributed by atoms with Crippen LogP contribution in [0, 0.1) is 6.92 Å². The number of fused-ring (bicyclic) bond motifs is 1. The Labute approximate surface area is 120 Å². The maximum atomic E-state index is 12.0. The number of benzene rings is 1. The molecule has 1 aromatic carbocycles. The van der Waals surface area contributed by atoms with E-state index < -0.39 is 5.60 Å². The van der Waals surface area contributed by atoms with Gasteiger partial charge in [0, 0.05) is 6.61 Å². The lowest BCUT2D eigenvalue weighted by molar-refractivity contribution is 0.0491. The first-order valence-electron chi connectivity index (χ1n) is 7.02. The molecule has 0 aromatic heterocycles. The molecule has 2 rings (SSSR count). The predicted octanol–water partition coefficient (Wildman–Crippen LogP) is 3.48. The summed E-state index contributed by atoms with van der Waals surface area (Å²) >= 11 is 0. The number of aryl methyl sites for hydroxylation is 1. The smallest absolute Gasteiger partial charge is 0.408 e. The summed E-state index contributed by atoms with van der Waals surface area (Å²) in [7, 11) is 0. The molecule has 1 amide bonds. The molecule has 1 aromatic rings. The summed E-state index contributed by atoms with van der Waals surface area (Å²) in [5.74, 6) is 0. The van der Waals surface area contributed by atoms with Gasteiger partial charge >= 0.3 is 6.09 Å². The fourth-order valence-corrected chi connectivity index (χ4v) is 2.31. The van der Waals surface area contributed by atoms with Crippen LogP contribution in [0.1, 0.15) is 49.9 Å². The van der Waals surface area contributed by atoms with Crippen LogP contribution in [0.15, 0.2) is 18.2 Å². The van der Waals surface area contributed by atoms with Gasteiger partial charge in [-0.05, 0) is 45.2 Å². The summed E-state index contributed by atoms with van der Waals surface area (Å²) in [6, 6.07) is 6.20. The van der Waals surface area contributed by atoms with Crippen LogP contribution in [0.4, 0.5) is 4.79 Å². The Morgan fingerprint density at radius 3 is 2.85 bits per heavy atom. The van der Waals surface area contributed by atoms with Crippen molar-refractivity contribution in [3.8, 4) is 0 Å². The molecule has 0 aliphatic carbocycles. The number of carbonyl (C=O) groups excluding carboxylic acids is 1. The Bertz CT molecular complexity index is 491. The molecule has 1 unspecified atom stereocenters. The standard InChI is InChI=1S/C16H23NO3/c1-11-5-6-12-10-19-8-7-14(13(12)9-11)17-15(18)20-16(2,3)4/h5-6,9,14H,7-8,10H2,1-4H3,(H,17,18). The maximum Gasteiger partial charge on any atom is 0.408 e. The number of amides is 1. The van der Waals surface area contributed by atoms with Gasteiger partial charge in [-0.1, -0.05) is 23.8 Å². The molecule has 1 aliphatic rings. The highest BCUT2D eigenvalue weighted by atomic mass is 16.6. The van der Waals surface area contributed by atoms with Crippen LogP contribution in [0.25, 0.3) is 0 Å². The van der Waals surface area contributed by atoms with Gasteiger partial charge < -0.3 is 14.8 Å². The van der Waals surface area contributed by atoms with Crippen LogP contribution < -0.4 is 5.32 Å². The number of carbonyl (C=O) groups is 1. The molecule has 20 heavy (non-hydrogen) atoms. The van der Waals surface area contributed by atoms with E-state index in [1.54, 1.807) is 0 Å². The van der Waals surface area contributed by atoms with E-state index in [-0.39, 0.29) is 12.1 Å². The van der Waals surface area contributed by atoms with Crippen molar-refractivity contribution in [2.75, 3.05) is 6.61 Å². The largest absolute Gasteiger partial charge is 0.444 e. The van der Waals surface area contributed by atoms with Crippen LogP contribution in [0.3, 0.4) is 0 Å². The molecule has 0 spiro atoms. The summed E-state index contributed by atoms with van der Waals surface area (Å²) in [4.78, 5) is 12.0. The average Bonchev–Trinajstić information content (AvgIpc) is 2.49. The van der Waals surface area contributed by atoms with Gasteiger partial charge in [-0.3, -0.25) is 0 Å². The van der Waals surface area contributed by atoms with Gasteiger partial charge in [0.2, 0.25) is 0 Å². The van der Waals surface area contributed by atoms with Crippen molar-refractivity contribution >= 4 is 6.09 Å². The minimum absolute atomic E-state index is 0.0535. The van der Waals surface area contributed by atoms with E-state index in [4.69, 9.17) is 9.47 Å². The van der Waals surface area contributed by atoms with Gasteiger partial charge in [0.15, 0.2) is 0 Å². The fraction of sp³-hybridized carbons (Fsp3) is 0.562. The molecule has 0 bridgehead atoms. The zero-order valence-corrected chi connectivity index (χ0v) is 12.7. The third-order valence-corrected chi connectivity index (χ3v) is 3.18. The van der Waals surface area contributed by atoms with Crippen molar-refractivity contribution in [3.63, 3.8) is 0 Å². The van der Waals surface area contributed by atoms with E-state index in [9.17, 15) is 4.79 Å². The fourth-order valence-electron chi connectivity index (χ4n) is 2.31. The summed E-state index contributed by atoms with van der Waals surface area (Å²) in [5, 5.41) is 2.96. The Morgan fingerprint density at radius 1 is 1.40 bits per heavy atom. The summed E-state index contributed by atoms with van der Waals surface area (Å²) in [6.07, 6.45) is 0.382. The average molecular weight is 277 g/mol. The number of alkyl carbamates (subject to hydrolysis) is 1. The van der Waals surface area contributed by atoms with Gasteiger partial charge in [0.05, 0.1) is 12.6 Å². The van der Waals surface area contributed by atoms with Gasteiger partial charge in [0.25, 0.3) is 0 Å². The second-order valence-electron chi connectivity index (χ2n) is 6.24. The highest BCUT2D eigenvalue weighted by Crippen LogP contribution is 2.26. The second-order valence-corrected chi connectivity index (χ2v) is 6.24. The molecule has 0 fully saturated rings. The zero-order valence-electron chi connectivity index (χ0n) is 12.7. The lowest BCUT2D eigenvalue weighted by atomic mass is 9.97. The minimum Gasteiger partial charge on any atom is -0.444 e. The monoisotopic (exact) mass is 277 g/mol. The quantitative estimate of drug-likeness (QED) is 0.855. The lowest BCUT2D eigenvalue weighted by Crippen LogP contribution is -2.35. The van der Waals surface area contributed by atoms with Gasteiger partial charge in [0.1, 0.15) is 5.60 Å². The Kier molecular flexibility index (Phi) is 4.33. The van der Waals surface area contributed by atoms with E-state index in [1.807, 2.05) is 20.8 Å². The zero-order chi connectivity index (χ0) is 14.8. The second kappa shape index (κ2) is 5.83. The van der Waals surface area contributed by atoms with Crippen molar-refractivity contribution in [2.24, 2.45) is 0 Å². The van der Waals surface area contributed by atoms with Crippen LogP contribution in [-0.2, 0) is 16.1 Å². The van der Waals surface area contributed by atoms with Gasteiger partial charge in [-0.15, -0.1) is 0 Å². The summed E-state index contributed by atoms with van der Waals surface area (Å²) in [6.45, 7) is 8.87. The van der Waals surface area contributed by atoms with Gasteiger partial charge in [-0.25, -0.2) is 4.79 Å². The number of hydrogen-bond acceptors (Lipinski definition) is 3. The third kappa shape index (κ3) is 3.97. The minimum atomic E-state index is -0.485. The van der Waals surface area contributed by atoms with Crippen LogP contribution >= 0.6 is 0 Å². The van der Waals surface area contributed by atoms with Crippen LogP contribution in [0.2, 0.25) is 0 Å².